The van der Waals surface area contributed by atoms with Gasteiger partial charge in [0.15, 0.2) is 6.10 Å². The molecule has 1 atom stereocenters. The lowest BCUT2D eigenvalue weighted by Crippen LogP contribution is -2.30. The van der Waals surface area contributed by atoms with Crippen LogP contribution in [0.2, 0.25) is 0 Å². The Morgan fingerprint density at radius 3 is 0.866 bits per heavy atom. The Bertz CT molecular complexity index is 1210. The highest BCUT2D eigenvalue weighted by molar-refractivity contribution is 5.71. The van der Waals surface area contributed by atoms with E-state index in [2.05, 4.69) is 81.5 Å². The van der Waals surface area contributed by atoms with Crippen LogP contribution in [0.25, 0.3) is 0 Å². The van der Waals surface area contributed by atoms with Gasteiger partial charge in [0.05, 0.1) is 0 Å². The number of ether oxygens (including phenoxy) is 3. The molecule has 388 valence electrons. The van der Waals surface area contributed by atoms with E-state index < -0.39 is 6.10 Å². The number of esters is 3. The number of hydrogen-bond acceptors (Lipinski definition) is 6. The summed E-state index contributed by atoms with van der Waals surface area (Å²) in [6.45, 7) is 6.58. The van der Waals surface area contributed by atoms with Gasteiger partial charge in [-0.1, -0.05) is 242 Å². The van der Waals surface area contributed by atoms with E-state index in [0.717, 1.165) is 103 Å². The van der Waals surface area contributed by atoms with E-state index in [9.17, 15) is 14.4 Å². The van der Waals surface area contributed by atoms with Crippen molar-refractivity contribution in [3.63, 3.8) is 0 Å². The van der Waals surface area contributed by atoms with Gasteiger partial charge >= 0.3 is 17.9 Å². The molecule has 0 aromatic rings. The van der Waals surface area contributed by atoms with Gasteiger partial charge in [-0.25, -0.2) is 0 Å². The van der Waals surface area contributed by atoms with Gasteiger partial charge in [-0.15, -0.1) is 0 Å². The maximum Gasteiger partial charge on any atom is 0.306 e. The third kappa shape index (κ3) is 53.9. The van der Waals surface area contributed by atoms with E-state index in [0.29, 0.717) is 19.3 Å². The van der Waals surface area contributed by atoms with E-state index in [4.69, 9.17) is 14.2 Å². The molecule has 0 bridgehead atoms. The summed E-state index contributed by atoms with van der Waals surface area (Å²) in [5, 5.41) is 0. The molecule has 0 N–H and O–H groups in total. The largest absolute Gasteiger partial charge is 0.462 e. The van der Waals surface area contributed by atoms with E-state index in [1.54, 1.807) is 0 Å². The van der Waals surface area contributed by atoms with E-state index in [1.165, 1.54) is 148 Å². The molecule has 6 heteroatoms. The molecular formula is C61H108O6. The number of unbranched alkanes of at least 4 members (excludes halogenated alkanes) is 31. The van der Waals surface area contributed by atoms with Crippen molar-refractivity contribution in [1.82, 2.24) is 0 Å². The molecule has 0 fully saturated rings. The summed E-state index contributed by atoms with van der Waals surface area (Å²) in [4.78, 5) is 38.1. The van der Waals surface area contributed by atoms with Crippen molar-refractivity contribution in [1.29, 1.82) is 0 Å². The van der Waals surface area contributed by atoms with Gasteiger partial charge in [-0.2, -0.15) is 0 Å². The second-order valence-electron chi connectivity index (χ2n) is 19.2. The van der Waals surface area contributed by atoms with Crippen LogP contribution in [0.4, 0.5) is 0 Å². The van der Waals surface area contributed by atoms with Crippen molar-refractivity contribution in [2.24, 2.45) is 0 Å². The Kier molecular flexibility index (Phi) is 53.3. The van der Waals surface area contributed by atoms with Crippen LogP contribution < -0.4 is 0 Å². The van der Waals surface area contributed by atoms with Crippen molar-refractivity contribution < 1.29 is 28.6 Å². The molecule has 0 aliphatic rings. The normalized spacial score (nSPS) is 12.5. The predicted octanol–water partition coefficient (Wildman–Crippen LogP) is 19.2. The lowest BCUT2D eigenvalue weighted by atomic mass is 10.0. The molecule has 67 heavy (non-hydrogen) atoms. The van der Waals surface area contributed by atoms with Crippen molar-refractivity contribution >= 4 is 17.9 Å². The van der Waals surface area contributed by atoms with Crippen LogP contribution >= 0.6 is 0 Å². The highest BCUT2D eigenvalue weighted by atomic mass is 16.6. The summed E-state index contributed by atoms with van der Waals surface area (Å²) in [5.74, 6) is -0.909. The summed E-state index contributed by atoms with van der Waals surface area (Å²) in [7, 11) is 0. The average molecular weight is 938 g/mol. The van der Waals surface area contributed by atoms with Gasteiger partial charge in [-0.3, -0.25) is 14.4 Å². The summed E-state index contributed by atoms with van der Waals surface area (Å²) >= 11 is 0. The van der Waals surface area contributed by atoms with Crippen LogP contribution in [-0.2, 0) is 28.6 Å². The molecule has 0 aromatic heterocycles. The van der Waals surface area contributed by atoms with Crippen molar-refractivity contribution in [3.8, 4) is 0 Å². The molecule has 0 aliphatic heterocycles. The topological polar surface area (TPSA) is 78.9 Å². The Morgan fingerprint density at radius 1 is 0.299 bits per heavy atom. The lowest BCUT2D eigenvalue weighted by Gasteiger charge is -2.18. The van der Waals surface area contributed by atoms with Crippen LogP contribution in [0.15, 0.2) is 60.8 Å². The molecule has 0 spiro atoms. The third-order valence-electron chi connectivity index (χ3n) is 12.5. The van der Waals surface area contributed by atoms with Crippen LogP contribution in [0.1, 0.15) is 290 Å². The summed E-state index contributed by atoms with van der Waals surface area (Å²) < 4.78 is 16.8. The zero-order valence-electron chi connectivity index (χ0n) is 44.4. The van der Waals surface area contributed by atoms with Crippen LogP contribution in [0.3, 0.4) is 0 Å². The SMILES string of the molecule is CCCCC/C=C\C/C=C\C/C=C\CCCCCCC(=O)OC[C@H](COC(=O)CCCCCCC/C=C\C/C=C\CCCCC)OC(=O)CCCCCCCCCCCCCCCCCCC. The molecule has 0 heterocycles. The van der Waals surface area contributed by atoms with Gasteiger partial charge in [-0.05, 0) is 89.9 Å². The lowest BCUT2D eigenvalue weighted by molar-refractivity contribution is -0.167. The number of rotatable bonds is 52. The maximum absolute atomic E-state index is 12.9. The van der Waals surface area contributed by atoms with Crippen molar-refractivity contribution in [3.05, 3.63) is 60.8 Å². The van der Waals surface area contributed by atoms with E-state index >= 15 is 0 Å². The van der Waals surface area contributed by atoms with Crippen LogP contribution in [0.5, 0.6) is 0 Å². The number of carbonyl (C=O) groups is 3. The predicted molar refractivity (Wildman–Crippen MR) is 288 cm³/mol. The summed E-state index contributed by atoms with van der Waals surface area (Å²) in [5.41, 5.74) is 0. The molecule has 0 radical (unpaired) electrons. The first kappa shape index (κ1) is 64.1. The fraction of sp³-hybridized carbons (Fsp3) is 0.787. The Hall–Kier alpha value is -2.89. The second-order valence-corrected chi connectivity index (χ2v) is 19.2. The van der Waals surface area contributed by atoms with E-state index in [1.807, 2.05) is 0 Å². The monoisotopic (exact) mass is 937 g/mol. The fourth-order valence-corrected chi connectivity index (χ4v) is 8.13. The Morgan fingerprint density at radius 2 is 0.537 bits per heavy atom. The molecule has 0 rings (SSSR count). The molecule has 0 aliphatic carbocycles. The smallest absolute Gasteiger partial charge is 0.306 e. The summed E-state index contributed by atoms with van der Waals surface area (Å²) in [6.07, 6.45) is 69.2. The number of allylic oxidation sites excluding steroid dienone is 10. The Balaban J connectivity index is 4.42. The quantitative estimate of drug-likeness (QED) is 0.0262. The standard InChI is InChI=1S/C61H108O6/c1-4-7-10-13-16-19-22-25-28-30-33-36-39-42-45-48-51-54-60(63)66-57-58(56-65-59(62)53-50-47-44-41-38-35-32-27-24-21-18-15-12-9-6-3)67-61(64)55-52-49-46-43-40-37-34-31-29-26-23-20-17-14-11-8-5-2/h16,18-19,21,25,27-28,32-33,36,58H,4-15,17,20,22-24,26,29-31,34-35,37-57H2,1-3H3/b19-16-,21-18-,28-25-,32-27-,36-33-/t58-/m0/s1. The molecule has 0 unspecified atom stereocenters. The zero-order chi connectivity index (χ0) is 48.6. The zero-order valence-corrected chi connectivity index (χ0v) is 44.4. The molecule has 6 nitrogen and oxygen atoms in total. The minimum atomic E-state index is -0.788. The van der Waals surface area contributed by atoms with Gasteiger partial charge in [0.1, 0.15) is 13.2 Å². The first-order valence-electron chi connectivity index (χ1n) is 28.8. The number of carbonyl (C=O) groups excluding carboxylic acids is 3. The highest BCUT2D eigenvalue weighted by Crippen LogP contribution is 2.16. The van der Waals surface area contributed by atoms with Crippen molar-refractivity contribution in [2.75, 3.05) is 13.2 Å². The molecule has 0 saturated heterocycles. The first-order valence-corrected chi connectivity index (χ1v) is 28.8. The van der Waals surface area contributed by atoms with Gasteiger partial charge in [0, 0.05) is 19.3 Å². The van der Waals surface area contributed by atoms with Gasteiger partial charge in [0.2, 0.25) is 0 Å². The average Bonchev–Trinajstić information content (AvgIpc) is 3.33. The minimum absolute atomic E-state index is 0.0867. The van der Waals surface area contributed by atoms with Crippen LogP contribution in [-0.4, -0.2) is 37.2 Å². The second kappa shape index (κ2) is 55.7. The van der Waals surface area contributed by atoms with Crippen LogP contribution in [0, 0.1) is 0 Å². The van der Waals surface area contributed by atoms with Gasteiger partial charge in [0.25, 0.3) is 0 Å². The Labute approximate surface area is 415 Å². The van der Waals surface area contributed by atoms with Crippen molar-refractivity contribution in [2.45, 2.75) is 297 Å². The molecule has 0 aromatic carbocycles. The highest BCUT2D eigenvalue weighted by Gasteiger charge is 2.19. The molecular weight excluding hydrogens is 829 g/mol. The fourth-order valence-electron chi connectivity index (χ4n) is 8.13. The maximum atomic E-state index is 12.9. The van der Waals surface area contributed by atoms with E-state index in [-0.39, 0.29) is 31.1 Å². The third-order valence-corrected chi connectivity index (χ3v) is 12.5. The van der Waals surface area contributed by atoms with Gasteiger partial charge < -0.3 is 14.2 Å². The first-order chi connectivity index (χ1) is 33.0. The number of hydrogen-bond donors (Lipinski definition) is 0. The summed E-state index contributed by atoms with van der Waals surface area (Å²) in [6, 6.07) is 0. The molecule has 0 amide bonds. The minimum Gasteiger partial charge on any atom is -0.462 e. The molecule has 0 saturated carbocycles.